The molecule has 19 heavy (non-hydrogen) atoms. The van der Waals surface area contributed by atoms with E-state index in [0.717, 1.165) is 17.6 Å². The van der Waals surface area contributed by atoms with Gasteiger partial charge in [0, 0.05) is 0 Å². The lowest BCUT2D eigenvalue weighted by Crippen LogP contribution is -1.90. The fraction of sp³-hybridized carbons (Fsp3) is 0.368. The van der Waals surface area contributed by atoms with Crippen molar-refractivity contribution in [2.45, 2.75) is 47.5 Å². The van der Waals surface area contributed by atoms with Crippen LogP contribution in [0.25, 0.3) is 5.57 Å². The zero-order valence-corrected chi connectivity index (χ0v) is 13.2. The van der Waals surface area contributed by atoms with Gasteiger partial charge in [-0.1, -0.05) is 76.3 Å². The Morgan fingerprint density at radius 3 is 2.32 bits per heavy atom. The zero-order chi connectivity index (χ0) is 14.8. The molecule has 0 heteroatoms. The third-order valence-electron chi connectivity index (χ3n) is 2.87. The fourth-order valence-electron chi connectivity index (χ4n) is 1.82. The highest BCUT2D eigenvalue weighted by Crippen LogP contribution is 2.24. The van der Waals surface area contributed by atoms with Crippen molar-refractivity contribution in [3.8, 4) is 0 Å². The fourth-order valence-corrected chi connectivity index (χ4v) is 1.82. The maximum atomic E-state index is 4.14. The summed E-state index contributed by atoms with van der Waals surface area (Å²) >= 11 is 0. The minimum absolute atomic E-state index is 1.01. The van der Waals surface area contributed by atoms with Gasteiger partial charge in [-0.05, 0) is 42.5 Å². The lowest BCUT2D eigenvalue weighted by molar-refractivity contribution is 0.958. The van der Waals surface area contributed by atoms with Crippen molar-refractivity contribution in [1.29, 1.82) is 0 Å². The Morgan fingerprint density at radius 1 is 1.16 bits per heavy atom. The summed E-state index contributed by atoms with van der Waals surface area (Å²) < 4.78 is 0. The summed E-state index contributed by atoms with van der Waals surface area (Å²) in [6.45, 7) is 18.6. The molecule has 0 amide bonds. The molecular formula is C19H28. The molecule has 0 saturated heterocycles. The molecule has 0 aromatic heterocycles. The second-order valence-electron chi connectivity index (χ2n) is 4.51. The van der Waals surface area contributed by atoms with Gasteiger partial charge < -0.3 is 0 Å². The molecule has 0 saturated carbocycles. The molecule has 1 aromatic rings. The predicted molar refractivity (Wildman–Crippen MR) is 89.5 cm³/mol. The summed E-state index contributed by atoms with van der Waals surface area (Å²) in [6.07, 6.45) is 6.50. The van der Waals surface area contributed by atoms with E-state index in [1.165, 1.54) is 23.1 Å². The minimum Gasteiger partial charge on any atom is -0.0912 e. The smallest absolute Gasteiger partial charge is 0.0155 e. The first-order valence-corrected chi connectivity index (χ1v) is 7.18. The molecule has 1 rings (SSSR count). The van der Waals surface area contributed by atoms with Crippen LogP contribution >= 0.6 is 0 Å². The Hall–Kier alpha value is -1.56. The van der Waals surface area contributed by atoms with Crippen LogP contribution in [0.15, 0.2) is 49.1 Å². The first-order valence-electron chi connectivity index (χ1n) is 7.18. The van der Waals surface area contributed by atoms with Crippen molar-refractivity contribution in [3.63, 3.8) is 0 Å². The number of hydrogen-bond acceptors (Lipinski definition) is 0. The van der Waals surface area contributed by atoms with Crippen LogP contribution in [0.2, 0.25) is 0 Å². The second kappa shape index (κ2) is 9.38. The van der Waals surface area contributed by atoms with Crippen LogP contribution in [0.3, 0.4) is 0 Å². The Morgan fingerprint density at radius 2 is 1.79 bits per heavy atom. The molecule has 0 aliphatic carbocycles. The van der Waals surface area contributed by atoms with Crippen LogP contribution in [-0.4, -0.2) is 0 Å². The topological polar surface area (TPSA) is 0 Å². The lowest BCUT2D eigenvalue weighted by atomic mass is 9.95. The number of unbranched alkanes of at least 4 members (excludes halogenated alkanes) is 1. The molecule has 0 unspecified atom stereocenters. The van der Waals surface area contributed by atoms with E-state index in [9.17, 15) is 0 Å². The van der Waals surface area contributed by atoms with E-state index in [1.807, 2.05) is 13.8 Å². The highest BCUT2D eigenvalue weighted by Gasteiger charge is 2.04. The van der Waals surface area contributed by atoms with Gasteiger partial charge in [0.2, 0.25) is 0 Å². The van der Waals surface area contributed by atoms with Crippen LogP contribution in [0.5, 0.6) is 0 Å². The summed E-state index contributed by atoms with van der Waals surface area (Å²) in [5.74, 6) is 0. The average Bonchev–Trinajstić information content (AvgIpc) is 2.40. The van der Waals surface area contributed by atoms with Gasteiger partial charge >= 0.3 is 0 Å². The van der Waals surface area contributed by atoms with E-state index < -0.39 is 0 Å². The first-order chi connectivity index (χ1) is 9.06. The highest BCUT2D eigenvalue weighted by atomic mass is 14.1. The van der Waals surface area contributed by atoms with Gasteiger partial charge in [-0.15, -0.1) is 0 Å². The normalized spacial score (nSPS) is 9.95. The molecular weight excluding hydrogens is 228 g/mol. The zero-order valence-electron chi connectivity index (χ0n) is 13.2. The van der Waals surface area contributed by atoms with Gasteiger partial charge in [-0.25, -0.2) is 0 Å². The highest BCUT2D eigenvalue weighted by molar-refractivity contribution is 5.81. The third-order valence-corrected chi connectivity index (χ3v) is 2.87. The summed E-state index contributed by atoms with van der Waals surface area (Å²) in [5.41, 5.74) is 5.77. The minimum atomic E-state index is 1.01. The number of benzene rings is 1. The van der Waals surface area contributed by atoms with Crippen LogP contribution in [0, 0.1) is 13.8 Å². The van der Waals surface area contributed by atoms with E-state index in [2.05, 4.69) is 64.3 Å². The number of rotatable bonds is 5. The Bertz CT molecular complexity index is 447. The molecule has 104 valence electrons. The molecule has 0 fully saturated rings. The van der Waals surface area contributed by atoms with Crippen LogP contribution in [0.4, 0.5) is 0 Å². The molecule has 0 heterocycles. The van der Waals surface area contributed by atoms with E-state index in [4.69, 9.17) is 0 Å². The molecule has 0 bridgehead atoms. The van der Waals surface area contributed by atoms with Gasteiger partial charge in [0.15, 0.2) is 0 Å². The van der Waals surface area contributed by atoms with Crippen molar-refractivity contribution in [2.24, 2.45) is 0 Å². The molecule has 1 aromatic carbocycles. The van der Waals surface area contributed by atoms with Crippen LogP contribution in [0.1, 0.15) is 50.3 Å². The van der Waals surface area contributed by atoms with Gasteiger partial charge in [0.05, 0.1) is 0 Å². The molecule has 0 nitrogen and oxygen atoms in total. The van der Waals surface area contributed by atoms with Crippen LogP contribution in [-0.2, 0) is 0 Å². The molecule has 0 radical (unpaired) electrons. The Balaban J connectivity index is 0.00000154. The van der Waals surface area contributed by atoms with Gasteiger partial charge in [0.25, 0.3) is 0 Å². The quantitative estimate of drug-likeness (QED) is 0.546. The summed E-state index contributed by atoms with van der Waals surface area (Å²) in [6, 6.07) is 6.44. The van der Waals surface area contributed by atoms with E-state index >= 15 is 0 Å². The van der Waals surface area contributed by atoms with Crippen LogP contribution < -0.4 is 0 Å². The summed E-state index contributed by atoms with van der Waals surface area (Å²) in [4.78, 5) is 0. The summed E-state index contributed by atoms with van der Waals surface area (Å²) in [7, 11) is 0. The average molecular weight is 256 g/mol. The van der Waals surface area contributed by atoms with Crippen molar-refractivity contribution in [3.05, 3.63) is 65.8 Å². The first kappa shape index (κ1) is 17.4. The molecule has 0 atom stereocenters. The molecule has 0 N–H and O–H groups in total. The second-order valence-corrected chi connectivity index (χ2v) is 4.51. The summed E-state index contributed by atoms with van der Waals surface area (Å²) in [5, 5.41) is 0. The largest absolute Gasteiger partial charge is 0.0912 e. The predicted octanol–water partition coefficient (Wildman–Crippen LogP) is 6.26. The number of hydrogen-bond donors (Lipinski definition) is 0. The Kier molecular flexibility index (Phi) is 8.61. The molecule has 0 spiro atoms. The Labute approximate surface area is 119 Å². The van der Waals surface area contributed by atoms with Crippen molar-refractivity contribution in [1.82, 2.24) is 0 Å². The van der Waals surface area contributed by atoms with Crippen molar-refractivity contribution >= 4 is 5.57 Å². The van der Waals surface area contributed by atoms with E-state index in [0.29, 0.717) is 0 Å². The van der Waals surface area contributed by atoms with E-state index in [1.54, 1.807) is 0 Å². The molecule has 0 aliphatic heterocycles. The molecule has 0 aliphatic rings. The van der Waals surface area contributed by atoms with Crippen molar-refractivity contribution < 1.29 is 0 Å². The number of aryl methyl sites for hydroxylation is 2. The number of allylic oxidation sites excluding steroid dienone is 4. The van der Waals surface area contributed by atoms with Gasteiger partial charge in [-0.3, -0.25) is 0 Å². The third kappa shape index (κ3) is 5.74. The maximum absolute atomic E-state index is 4.14. The van der Waals surface area contributed by atoms with Gasteiger partial charge in [0.1, 0.15) is 0 Å². The van der Waals surface area contributed by atoms with E-state index in [-0.39, 0.29) is 0 Å². The lowest BCUT2D eigenvalue weighted by Gasteiger charge is -2.10. The van der Waals surface area contributed by atoms with Gasteiger partial charge in [-0.2, -0.15) is 0 Å². The SMILES string of the molecule is C=C(/C=C\CCC)C(=C)c1ccc(C)cc1C.CC. The monoisotopic (exact) mass is 256 g/mol. The standard InChI is InChI=1S/C17H22.C2H6/c1-6-7-8-9-14(3)16(5)17-11-10-13(2)12-15(17)4;1-2/h8-12H,3,5-7H2,1-2,4H3;1-2H3/b9-8-;. The maximum Gasteiger partial charge on any atom is -0.0155 e. The van der Waals surface area contributed by atoms with Crippen molar-refractivity contribution in [2.75, 3.05) is 0 Å².